The Hall–Kier alpha value is -4.28. The number of rotatable bonds is 8. The Morgan fingerprint density at radius 2 is 1.71 bits per heavy atom. The number of carbonyl (C=O) groups is 3. The number of benzene rings is 3. The summed E-state index contributed by atoms with van der Waals surface area (Å²) in [5.41, 5.74) is 1.71. The highest BCUT2D eigenvalue weighted by Crippen LogP contribution is 2.26. The van der Waals surface area contributed by atoms with Gasteiger partial charge in [-0.15, -0.1) is 10.2 Å². The van der Waals surface area contributed by atoms with Crippen molar-refractivity contribution >= 4 is 57.2 Å². The number of halogens is 1. The highest BCUT2D eigenvalue weighted by Gasteiger charge is 2.35. The Morgan fingerprint density at radius 3 is 2.45 bits per heavy atom. The van der Waals surface area contributed by atoms with Crippen molar-refractivity contribution in [3.05, 3.63) is 94.5 Å². The van der Waals surface area contributed by atoms with Crippen LogP contribution < -0.4 is 20.3 Å². The maximum Gasteiger partial charge on any atom is 0.257 e. The van der Waals surface area contributed by atoms with Crippen LogP contribution in [0, 0.1) is 5.92 Å². The van der Waals surface area contributed by atoms with Crippen molar-refractivity contribution in [2.75, 3.05) is 22.1 Å². The van der Waals surface area contributed by atoms with Gasteiger partial charge in [-0.3, -0.25) is 19.7 Å². The lowest BCUT2D eigenvalue weighted by molar-refractivity contribution is -0.122. The minimum absolute atomic E-state index is 0.0836. The van der Waals surface area contributed by atoms with Crippen molar-refractivity contribution in [1.82, 2.24) is 10.2 Å². The molecule has 0 saturated carbocycles. The summed E-state index contributed by atoms with van der Waals surface area (Å²) in [6.07, 6.45) is 0.149. The zero-order valence-corrected chi connectivity index (χ0v) is 21.5. The summed E-state index contributed by atoms with van der Waals surface area (Å²) in [6.45, 7) is 0.531. The van der Waals surface area contributed by atoms with Crippen molar-refractivity contribution in [1.29, 1.82) is 0 Å². The quantitative estimate of drug-likeness (QED) is 0.320. The molecule has 1 saturated heterocycles. The summed E-state index contributed by atoms with van der Waals surface area (Å²) >= 11 is 7.08. The third-order valence-corrected chi connectivity index (χ3v) is 6.91. The first-order valence-electron chi connectivity index (χ1n) is 11.7. The van der Waals surface area contributed by atoms with E-state index in [1.165, 1.54) is 11.3 Å². The van der Waals surface area contributed by atoms with Gasteiger partial charge in [0.15, 0.2) is 5.01 Å². The number of amides is 3. The fraction of sp³-hybridized carbons (Fsp3) is 0.148. The first-order valence-corrected chi connectivity index (χ1v) is 12.9. The molecule has 0 aliphatic carbocycles. The zero-order valence-electron chi connectivity index (χ0n) is 20.0. The molecule has 1 aromatic heterocycles. The molecule has 1 aliphatic rings. The molecule has 0 bridgehead atoms. The smallest absolute Gasteiger partial charge is 0.257 e. The second kappa shape index (κ2) is 11.4. The van der Waals surface area contributed by atoms with E-state index < -0.39 is 5.92 Å². The highest BCUT2D eigenvalue weighted by atomic mass is 35.5. The van der Waals surface area contributed by atoms with Crippen LogP contribution in [0.4, 0.5) is 16.5 Å². The SMILES string of the molecule is O=C(Nc1nnc(COc2ccc(Cl)cc2)s1)c1ccc(NC(=O)C2CC(=O)N(c3ccccc3)C2)cc1. The van der Waals surface area contributed by atoms with Gasteiger partial charge in [-0.25, -0.2) is 0 Å². The summed E-state index contributed by atoms with van der Waals surface area (Å²) < 4.78 is 5.65. The van der Waals surface area contributed by atoms with Crippen LogP contribution in [0.3, 0.4) is 0 Å². The average Bonchev–Trinajstić information content (AvgIpc) is 3.55. The van der Waals surface area contributed by atoms with Crippen molar-refractivity contribution in [3.8, 4) is 5.75 Å². The molecule has 192 valence electrons. The summed E-state index contributed by atoms with van der Waals surface area (Å²) in [5, 5.41) is 15.1. The van der Waals surface area contributed by atoms with Gasteiger partial charge in [0.05, 0.1) is 5.92 Å². The monoisotopic (exact) mass is 547 g/mol. The summed E-state index contributed by atoms with van der Waals surface area (Å²) in [6, 6.07) is 22.7. The molecule has 3 aromatic carbocycles. The lowest BCUT2D eigenvalue weighted by Gasteiger charge is -2.16. The van der Waals surface area contributed by atoms with E-state index in [9.17, 15) is 14.4 Å². The summed E-state index contributed by atoms with van der Waals surface area (Å²) in [5.74, 6) is -0.489. The Kier molecular flexibility index (Phi) is 7.62. The van der Waals surface area contributed by atoms with Gasteiger partial charge in [-0.05, 0) is 60.7 Å². The van der Waals surface area contributed by atoms with E-state index in [0.29, 0.717) is 38.7 Å². The van der Waals surface area contributed by atoms with Crippen molar-refractivity contribution < 1.29 is 19.1 Å². The summed E-state index contributed by atoms with van der Waals surface area (Å²) in [4.78, 5) is 39.4. The number of aromatic nitrogens is 2. The van der Waals surface area contributed by atoms with Gasteiger partial charge >= 0.3 is 0 Å². The second-order valence-corrected chi connectivity index (χ2v) is 10.0. The molecule has 5 rings (SSSR count). The van der Waals surface area contributed by atoms with Crippen LogP contribution in [0.5, 0.6) is 5.75 Å². The van der Waals surface area contributed by atoms with Crippen LogP contribution in [0.1, 0.15) is 21.8 Å². The average molecular weight is 548 g/mol. The first kappa shape index (κ1) is 25.4. The number of carbonyl (C=O) groups excluding carboxylic acids is 3. The van der Waals surface area contributed by atoms with Gasteiger partial charge in [-0.2, -0.15) is 0 Å². The van der Waals surface area contributed by atoms with Gasteiger partial charge < -0.3 is 15.0 Å². The number of hydrogen-bond acceptors (Lipinski definition) is 7. The number of anilines is 3. The van der Waals surface area contributed by atoms with Gasteiger partial charge in [0, 0.05) is 34.9 Å². The molecular formula is C27H22ClN5O4S. The fourth-order valence-electron chi connectivity index (χ4n) is 3.90. The molecule has 1 unspecified atom stereocenters. The van der Waals surface area contributed by atoms with E-state index in [0.717, 1.165) is 5.69 Å². The topological polar surface area (TPSA) is 114 Å². The van der Waals surface area contributed by atoms with Crippen molar-refractivity contribution in [2.45, 2.75) is 13.0 Å². The normalized spacial score (nSPS) is 14.8. The van der Waals surface area contributed by atoms with E-state index in [1.54, 1.807) is 53.4 Å². The lowest BCUT2D eigenvalue weighted by Crippen LogP contribution is -2.28. The standard InChI is InChI=1S/C27H22ClN5O4S/c28-19-8-12-22(13-9-19)37-16-23-31-32-27(38-23)30-25(35)17-6-10-20(11-7-17)29-26(36)18-14-24(34)33(15-18)21-4-2-1-3-5-21/h1-13,18H,14-16H2,(H,29,36)(H,30,32,35). The maximum atomic E-state index is 12.8. The molecular weight excluding hydrogens is 526 g/mol. The second-order valence-electron chi connectivity index (χ2n) is 8.51. The number of ether oxygens (including phenoxy) is 1. The largest absolute Gasteiger partial charge is 0.486 e. The Morgan fingerprint density at radius 1 is 0.974 bits per heavy atom. The summed E-state index contributed by atoms with van der Waals surface area (Å²) in [7, 11) is 0. The van der Waals surface area contributed by atoms with Crippen LogP contribution in [0.15, 0.2) is 78.9 Å². The molecule has 9 nitrogen and oxygen atoms in total. The third-order valence-electron chi connectivity index (χ3n) is 5.84. The lowest BCUT2D eigenvalue weighted by atomic mass is 10.1. The molecule has 1 atom stereocenters. The molecule has 4 aromatic rings. The van der Waals surface area contributed by atoms with Crippen LogP contribution in [0.2, 0.25) is 5.02 Å². The number of nitrogens with zero attached hydrogens (tertiary/aromatic N) is 3. The van der Waals surface area contributed by atoms with E-state index in [-0.39, 0.29) is 30.7 Å². The molecule has 1 fully saturated rings. The predicted octanol–water partition coefficient (Wildman–Crippen LogP) is 5.01. The Balaban J connectivity index is 1.12. The minimum Gasteiger partial charge on any atom is -0.486 e. The van der Waals surface area contributed by atoms with Crippen LogP contribution in [0.25, 0.3) is 0 Å². The predicted molar refractivity (Wildman–Crippen MR) is 146 cm³/mol. The maximum absolute atomic E-state index is 12.8. The molecule has 38 heavy (non-hydrogen) atoms. The van der Waals surface area contributed by atoms with Crippen LogP contribution >= 0.6 is 22.9 Å². The van der Waals surface area contributed by atoms with E-state index in [1.807, 2.05) is 30.3 Å². The number of para-hydroxylation sites is 1. The number of hydrogen-bond donors (Lipinski definition) is 2. The van der Waals surface area contributed by atoms with E-state index in [2.05, 4.69) is 20.8 Å². The fourth-order valence-corrected chi connectivity index (χ4v) is 4.67. The molecule has 2 N–H and O–H groups in total. The van der Waals surface area contributed by atoms with Crippen molar-refractivity contribution in [2.24, 2.45) is 5.92 Å². The van der Waals surface area contributed by atoms with Crippen LogP contribution in [-0.2, 0) is 16.2 Å². The van der Waals surface area contributed by atoms with Gasteiger partial charge in [0.25, 0.3) is 5.91 Å². The zero-order chi connectivity index (χ0) is 26.5. The Bertz CT molecular complexity index is 1440. The Labute approximate surface area is 227 Å². The number of nitrogens with one attached hydrogen (secondary N) is 2. The van der Waals surface area contributed by atoms with Gasteiger partial charge in [-0.1, -0.05) is 41.1 Å². The molecule has 0 radical (unpaired) electrons. The highest BCUT2D eigenvalue weighted by molar-refractivity contribution is 7.15. The third kappa shape index (κ3) is 6.16. The molecule has 0 spiro atoms. The van der Waals surface area contributed by atoms with Gasteiger partial charge in [0.1, 0.15) is 12.4 Å². The van der Waals surface area contributed by atoms with Gasteiger partial charge in [0.2, 0.25) is 16.9 Å². The molecule has 2 heterocycles. The van der Waals surface area contributed by atoms with Crippen LogP contribution in [-0.4, -0.2) is 34.5 Å². The van der Waals surface area contributed by atoms with Crippen molar-refractivity contribution in [3.63, 3.8) is 0 Å². The molecule has 3 amide bonds. The first-order chi connectivity index (χ1) is 18.4. The van der Waals surface area contributed by atoms with E-state index >= 15 is 0 Å². The molecule has 11 heteroatoms. The minimum atomic E-state index is -0.457. The van der Waals surface area contributed by atoms with E-state index in [4.69, 9.17) is 16.3 Å². The molecule has 1 aliphatic heterocycles.